The van der Waals surface area contributed by atoms with Gasteiger partial charge < -0.3 is 11.1 Å². The van der Waals surface area contributed by atoms with Crippen LogP contribution in [0.15, 0.2) is 40.7 Å². The molecule has 4 nitrogen and oxygen atoms in total. The number of nitriles is 1. The molecule has 0 spiro atoms. The fourth-order valence-electron chi connectivity index (χ4n) is 1.53. The topological polar surface area (TPSA) is 74.2 Å². The summed E-state index contributed by atoms with van der Waals surface area (Å²) in [5.74, 6) is 0.322. The largest absolute Gasteiger partial charge is 0.384 e. The molecule has 1 heterocycles. The average Bonchev–Trinajstić information content (AvgIpc) is 2.29. The third kappa shape index (κ3) is 1.73. The van der Waals surface area contributed by atoms with Crippen molar-refractivity contribution in [2.75, 3.05) is 0 Å². The van der Waals surface area contributed by atoms with Crippen molar-refractivity contribution >= 4 is 17.9 Å². The third-order valence-corrected chi connectivity index (χ3v) is 2.67. The maximum atomic E-state index is 9.04. The second kappa shape index (κ2) is 4.25. The van der Waals surface area contributed by atoms with Gasteiger partial charge in [0.25, 0.3) is 0 Å². The Bertz CT molecular complexity index is 513. The number of rotatable bonds is 1. The molecule has 3 N–H and O–H groups in total. The van der Waals surface area contributed by atoms with Gasteiger partial charge in [0.1, 0.15) is 17.9 Å². The molecule has 0 bridgehead atoms. The normalized spacial score (nSPS) is 19.1. The number of benzene rings is 1. The van der Waals surface area contributed by atoms with E-state index in [4.69, 9.17) is 22.6 Å². The molecule has 1 aliphatic heterocycles. The van der Waals surface area contributed by atoms with Crippen molar-refractivity contribution in [2.45, 2.75) is 6.04 Å². The van der Waals surface area contributed by atoms with E-state index in [0.717, 1.165) is 5.56 Å². The van der Waals surface area contributed by atoms with Gasteiger partial charge in [-0.1, -0.05) is 29.8 Å². The highest BCUT2D eigenvalue weighted by Crippen LogP contribution is 2.32. The molecule has 80 valence electrons. The first-order chi connectivity index (χ1) is 7.74. The van der Waals surface area contributed by atoms with E-state index in [1.807, 2.05) is 24.3 Å². The lowest BCUT2D eigenvalue weighted by Gasteiger charge is -2.19. The van der Waals surface area contributed by atoms with Gasteiger partial charge in [0.05, 0.1) is 11.9 Å². The fourth-order valence-corrected chi connectivity index (χ4v) is 1.77. The molecule has 0 fully saturated rings. The van der Waals surface area contributed by atoms with Gasteiger partial charge >= 0.3 is 0 Å². The highest BCUT2D eigenvalue weighted by Gasteiger charge is 2.22. The number of aliphatic imine (C=N–C) groups is 1. The van der Waals surface area contributed by atoms with E-state index in [9.17, 15) is 0 Å². The van der Waals surface area contributed by atoms with Gasteiger partial charge in [0.15, 0.2) is 0 Å². The smallest absolute Gasteiger partial charge is 0.118 e. The molecule has 1 unspecified atom stereocenters. The van der Waals surface area contributed by atoms with Crippen LogP contribution in [-0.4, -0.2) is 6.34 Å². The summed E-state index contributed by atoms with van der Waals surface area (Å²) in [6.45, 7) is 0. The lowest BCUT2D eigenvalue weighted by atomic mass is 9.99. The van der Waals surface area contributed by atoms with Crippen molar-refractivity contribution in [1.29, 1.82) is 5.26 Å². The molecule has 16 heavy (non-hydrogen) atoms. The summed E-state index contributed by atoms with van der Waals surface area (Å²) in [5.41, 5.74) is 6.84. The first-order valence-electron chi connectivity index (χ1n) is 4.66. The highest BCUT2D eigenvalue weighted by atomic mass is 35.5. The molecule has 0 aliphatic carbocycles. The van der Waals surface area contributed by atoms with E-state index in [0.29, 0.717) is 16.4 Å². The summed E-state index contributed by atoms with van der Waals surface area (Å²) in [5, 5.41) is 12.3. The van der Waals surface area contributed by atoms with Gasteiger partial charge in [-0.05, 0) is 6.07 Å². The quantitative estimate of drug-likeness (QED) is 0.774. The number of nitrogens with two attached hydrogens (primary N) is 1. The molecule has 1 aromatic carbocycles. The minimum Gasteiger partial charge on any atom is -0.384 e. The van der Waals surface area contributed by atoms with Crippen LogP contribution in [0.5, 0.6) is 0 Å². The Morgan fingerprint density at radius 1 is 1.44 bits per heavy atom. The number of halogens is 1. The summed E-state index contributed by atoms with van der Waals surface area (Å²) in [6, 6.07) is 8.91. The van der Waals surface area contributed by atoms with E-state index in [1.54, 1.807) is 6.07 Å². The van der Waals surface area contributed by atoms with E-state index in [1.165, 1.54) is 6.34 Å². The minimum absolute atomic E-state index is 0.322. The zero-order chi connectivity index (χ0) is 11.5. The van der Waals surface area contributed by atoms with Crippen molar-refractivity contribution in [3.05, 3.63) is 46.2 Å². The van der Waals surface area contributed by atoms with Gasteiger partial charge in [-0.15, -0.1) is 0 Å². The van der Waals surface area contributed by atoms with Crippen LogP contribution < -0.4 is 11.1 Å². The summed E-state index contributed by atoms with van der Waals surface area (Å²) in [6.07, 6.45) is 1.48. The molecule has 1 aliphatic rings. The van der Waals surface area contributed by atoms with Gasteiger partial charge in [-0.25, -0.2) is 0 Å². The van der Waals surface area contributed by atoms with Crippen LogP contribution in [0.3, 0.4) is 0 Å². The summed E-state index contributed by atoms with van der Waals surface area (Å²) in [7, 11) is 0. The SMILES string of the molecule is N#CC1=C(N)NC=NC1c1ccccc1Cl. The monoisotopic (exact) mass is 232 g/mol. The standard InChI is InChI=1S/C11H9ClN4/c12-9-4-2-1-3-7(9)10-8(5-13)11(14)16-6-15-10/h1-4,6,10H,14H2,(H,15,16). The van der Waals surface area contributed by atoms with Gasteiger partial charge in [-0.3, -0.25) is 4.99 Å². The third-order valence-electron chi connectivity index (χ3n) is 2.33. The number of nitrogens with one attached hydrogen (secondary N) is 1. The van der Waals surface area contributed by atoms with Crippen molar-refractivity contribution in [3.63, 3.8) is 0 Å². The molecule has 2 rings (SSSR count). The van der Waals surface area contributed by atoms with E-state index in [-0.39, 0.29) is 0 Å². The molecule has 0 amide bonds. The summed E-state index contributed by atoms with van der Waals surface area (Å²) < 4.78 is 0. The second-order valence-electron chi connectivity index (χ2n) is 3.29. The Kier molecular flexibility index (Phi) is 2.80. The van der Waals surface area contributed by atoms with Crippen LogP contribution in [0.25, 0.3) is 0 Å². The first kappa shape index (κ1) is 10.5. The lowest BCUT2D eigenvalue weighted by Crippen LogP contribution is -2.26. The Hall–Kier alpha value is -1.99. The van der Waals surface area contributed by atoms with Gasteiger partial charge in [0, 0.05) is 10.6 Å². The molecule has 0 saturated heterocycles. The van der Waals surface area contributed by atoms with Crippen LogP contribution in [0.2, 0.25) is 5.02 Å². The average molecular weight is 233 g/mol. The molecule has 0 saturated carbocycles. The Balaban J connectivity index is 2.49. The molecule has 1 atom stereocenters. The maximum Gasteiger partial charge on any atom is 0.118 e. The van der Waals surface area contributed by atoms with Crippen LogP contribution in [-0.2, 0) is 0 Å². The molecule has 5 heteroatoms. The van der Waals surface area contributed by atoms with E-state index in [2.05, 4.69) is 10.3 Å². The second-order valence-corrected chi connectivity index (χ2v) is 3.69. The lowest BCUT2D eigenvalue weighted by molar-refractivity contribution is 0.813. The Labute approximate surface area is 98.0 Å². The summed E-state index contributed by atoms with van der Waals surface area (Å²) >= 11 is 6.06. The van der Waals surface area contributed by atoms with Crippen LogP contribution >= 0.6 is 11.6 Å². The van der Waals surface area contributed by atoms with Crippen molar-refractivity contribution in [1.82, 2.24) is 5.32 Å². The number of hydrogen-bond acceptors (Lipinski definition) is 4. The number of hydrogen-bond donors (Lipinski definition) is 2. The van der Waals surface area contributed by atoms with Crippen LogP contribution in [0, 0.1) is 11.3 Å². The zero-order valence-electron chi connectivity index (χ0n) is 8.31. The van der Waals surface area contributed by atoms with Crippen LogP contribution in [0.4, 0.5) is 0 Å². The van der Waals surface area contributed by atoms with Gasteiger partial charge in [0.2, 0.25) is 0 Å². The summed E-state index contributed by atoms with van der Waals surface area (Å²) in [4.78, 5) is 4.18. The molecular formula is C11H9ClN4. The van der Waals surface area contributed by atoms with E-state index < -0.39 is 6.04 Å². The van der Waals surface area contributed by atoms with Gasteiger partial charge in [-0.2, -0.15) is 5.26 Å². The number of nitrogens with zero attached hydrogens (tertiary/aromatic N) is 2. The fraction of sp³-hybridized carbons (Fsp3) is 0.0909. The Morgan fingerprint density at radius 2 is 2.19 bits per heavy atom. The molecule has 1 aromatic rings. The van der Waals surface area contributed by atoms with Crippen molar-refractivity contribution in [2.24, 2.45) is 10.7 Å². The predicted octanol–water partition coefficient (Wildman–Crippen LogP) is 1.71. The van der Waals surface area contributed by atoms with Crippen molar-refractivity contribution < 1.29 is 0 Å². The first-order valence-corrected chi connectivity index (χ1v) is 5.04. The zero-order valence-corrected chi connectivity index (χ0v) is 9.07. The van der Waals surface area contributed by atoms with Crippen LogP contribution in [0.1, 0.15) is 11.6 Å². The maximum absolute atomic E-state index is 9.04. The predicted molar refractivity (Wildman–Crippen MR) is 62.6 cm³/mol. The minimum atomic E-state index is -0.417. The molecule has 0 radical (unpaired) electrons. The molecular weight excluding hydrogens is 224 g/mol. The highest BCUT2D eigenvalue weighted by molar-refractivity contribution is 6.31. The van der Waals surface area contributed by atoms with E-state index >= 15 is 0 Å². The van der Waals surface area contributed by atoms with Crippen molar-refractivity contribution in [3.8, 4) is 6.07 Å². The Morgan fingerprint density at radius 3 is 2.88 bits per heavy atom. The molecule has 0 aromatic heterocycles.